The van der Waals surface area contributed by atoms with Gasteiger partial charge in [0.05, 0.1) is 7.11 Å². The van der Waals surface area contributed by atoms with Gasteiger partial charge in [-0.25, -0.2) is 4.79 Å². The molecule has 1 unspecified atom stereocenters. The van der Waals surface area contributed by atoms with Crippen LogP contribution in [0.25, 0.3) is 0 Å². The molecule has 26 heavy (non-hydrogen) atoms. The van der Waals surface area contributed by atoms with Crippen LogP contribution in [0.4, 0.5) is 0 Å². The Labute approximate surface area is 153 Å². The van der Waals surface area contributed by atoms with Crippen molar-refractivity contribution in [1.29, 1.82) is 0 Å². The van der Waals surface area contributed by atoms with Gasteiger partial charge in [-0.05, 0) is 26.0 Å². The number of carboxylic acid groups (broad SMARTS) is 1. The zero-order valence-corrected chi connectivity index (χ0v) is 15.3. The monoisotopic (exact) mass is 381 g/mol. The van der Waals surface area contributed by atoms with Gasteiger partial charge in [-0.3, -0.25) is 14.4 Å². The molecule has 2 N–H and O–H groups in total. The first kappa shape index (κ1) is 18.3. The summed E-state index contributed by atoms with van der Waals surface area (Å²) in [5.74, 6) is -1.88. The first-order valence-corrected chi connectivity index (χ1v) is 8.81. The van der Waals surface area contributed by atoms with Gasteiger partial charge in [0.1, 0.15) is 24.0 Å². The van der Waals surface area contributed by atoms with Crippen LogP contribution in [0, 0.1) is 0 Å². The maximum Gasteiger partial charge on any atom is 0.327 e. The summed E-state index contributed by atoms with van der Waals surface area (Å²) in [7, 11) is 1.36. The van der Waals surface area contributed by atoms with Crippen LogP contribution in [-0.2, 0) is 20.9 Å². The predicted octanol–water partition coefficient (Wildman–Crippen LogP) is -0.511. The number of thioether (sulfide) groups is 1. The summed E-state index contributed by atoms with van der Waals surface area (Å²) < 4.78 is 5.45. The molecule has 0 bridgehead atoms. The molecule has 0 aromatic carbocycles. The van der Waals surface area contributed by atoms with Crippen molar-refractivity contribution in [2.45, 2.75) is 42.6 Å². The topological polar surface area (TPSA) is 118 Å². The number of pyridine rings is 1. The first-order valence-electron chi connectivity index (χ1n) is 7.93. The Morgan fingerprint density at radius 3 is 2.69 bits per heavy atom. The van der Waals surface area contributed by atoms with Crippen LogP contribution in [0.3, 0.4) is 0 Å². The molecular weight excluding hydrogens is 362 g/mol. The average molecular weight is 381 g/mol. The molecule has 2 saturated heterocycles. The molecule has 1 aromatic rings. The highest BCUT2D eigenvalue weighted by Gasteiger charge is 2.64. The van der Waals surface area contributed by atoms with Crippen LogP contribution in [0.1, 0.15) is 13.8 Å². The van der Waals surface area contributed by atoms with Crippen molar-refractivity contribution >= 4 is 29.5 Å². The number of ether oxygens (including phenoxy) is 1. The SMILES string of the molecule is COc1cccn(CC(=O)NC2C(=O)N3[C@@H]2SC(C)(C)[C@@H]3C(=O)O)c1=O. The largest absolute Gasteiger partial charge is 0.491 e. The molecule has 10 heteroatoms. The van der Waals surface area contributed by atoms with E-state index in [1.807, 2.05) is 0 Å². The van der Waals surface area contributed by atoms with Gasteiger partial charge in [0.2, 0.25) is 11.8 Å². The summed E-state index contributed by atoms with van der Waals surface area (Å²) in [6, 6.07) is 1.35. The lowest BCUT2D eigenvalue weighted by atomic mass is 9.96. The van der Waals surface area contributed by atoms with E-state index in [-0.39, 0.29) is 12.3 Å². The molecule has 0 radical (unpaired) electrons. The quantitative estimate of drug-likeness (QED) is 0.660. The maximum absolute atomic E-state index is 12.3. The summed E-state index contributed by atoms with van der Waals surface area (Å²) in [6.45, 7) is 3.26. The lowest BCUT2D eigenvalue weighted by Gasteiger charge is -2.43. The molecule has 2 fully saturated rings. The number of hydrogen-bond acceptors (Lipinski definition) is 6. The van der Waals surface area contributed by atoms with Crippen LogP contribution in [0.15, 0.2) is 23.1 Å². The molecule has 3 heterocycles. The Balaban J connectivity index is 1.70. The number of hydrogen-bond donors (Lipinski definition) is 2. The second-order valence-corrected chi connectivity index (χ2v) is 8.42. The number of methoxy groups -OCH3 is 1. The maximum atomic E-state index is 12.3. The molecule has 0 aliphatic carbocycles. The smallest absolute Gasteiger partial charge is 0.327 e. The third kappa shape index (κ3) is 2.83. The highest BCUT2D eigenvalue weighted by molar-refractivity contribution is 8.01. The second-order valence-electron chi connectivity index (χ2n) is 6.65. The van der Waals surface area contributed by atoms with Crippen molar-refractivity contribution in [2.24, 2.45) is 0 Å². The highest BCUT2D eigenvalue weighted by atomic mass is 32.2. The lowest BCUT2D eigenvalue weighted by Crippen LogP contribution is -2.70. The van der Waals surface area contributed by atoms with Crippen LogP contribution in [0.2, 0.25) is 0 Å². The zero-order chi connectivity index (χ0) is 19.2. The molecule has 1 aromatic heterocycles. The van der Waals surface area contributed by atoms with Gasteiger partial charge in [-0.1, -0.05) is 0 Å². The van der Waals surface area contributed by atoms with Gasteiger partial charge in [-0.2, -0.15) is 0 Å². The van der Waals surface area contributed by atoms with Crippen molar-refractivity contribution in [3.8, 4) is 5.75 Å². The number of rotatable bonds is 5. The zero-order valence-electron chi connectivity index (χ0n) is 14.5. The fourth-order valence-electron chi connectivity index (χ4n) is 3.31. The number of nitrogens with one attached hydrogen (secondary N) is 1. The van der Waals surface area contributed by atoms with Gasteiger partial charge in [0.15, 0.2) is 5.75 Å². The number of nitrogens with zero attached hydrogens (tertiary/aromatic N) is 2. The third-order valence-corrected chi connectivity index (χ3v) is 6.08. The Hall–Kier alpha value is -2.49. The second kappa shape index (κ2) is 6.35. The van der Waals surface area contributed by atoms with Gasteiger partial charge in [0.25, 0.3) is 5.56 Å². The molecule has 3 rings (SSSR count). The summed E-state index contributed by atoms with van der Waals surface area (Å²) in [5.41, 5.74) is -0.450. The lowest BCUT2D eigenvalue weighted by molar-refractivity contribution is -0.161. The fourth-order valence-corrected chi connectivity index (χ4v) is 4.94. The molecular formula is C16H19N3O6S. The van der Waals surface area contributed by atoms with Crippen LogP contribution < -0.4 is 15.6 Å². The third-order valence-electron chi connectivity index (χ3n) is 4.51. The molecule has 9 nitrogen and oxygen atoms in total. The van der Waals surface area contributed by atoms with E-state index < -0.39 is 45.5 Å². The molecule has 2 aliphatic heterocycles. The number of carbonyl (C=O) groups excluding carboxylic acids is 2. The van der Waals surface area contributed by atoms with Gasteiger partial charge in [0, 0.05) is 10.9 Å². The summed E-state index contributed by atoms with van der Waals surface area (Å²) >= 11 is 1.34. The van der Waals surface area contributed by atoms with Crippen molar-refractivity contribution in [3.63, 3.8) is 0 Å². The number of aromatic nitrogens is 1. The minimum atomic E-state index is -1.06. The number of aliphatic carboxylic acids is 1. The molecule has 0 spiro atoms. The number of β-lactam (4-membered cyclic amide) rings is 1. The van der Waals surface area contributed by atoms with E-state index in [4.69, 9.17) is 4.74 Å². The van der Waals surface area contributed by atoms with E-state index in [0.29, 0.717) is 0 Å². The average Bonchev–Trinajstić information content (AvgIpc) is 2.83. The standard InChI is InChI=1S/C16H19N3O6S/c1-16(2)11(15(23)24)19-13(22)10(14(19)26-16)17-9(20)7-18-6-4-5-8(25-3)12(18)21/h4-6,10-11,14H,7H2,1-3H3,(H,17,20)(H,23,24)/t10?,11-,14+/m0/s1. The molecule has 0 saturated carbocycles. The van der Waals surface area contributed by atoms with Crippen LogP contribution in [0.5, 0.6) is 5.75 Å². The van der Waals surface area contributed by atoms with E-state index >= 15 is 0 Å². The Bertz CT molecular complexity index is 836. The number of fused-ring (bicyclic) bond motifs is 1. The normalized spacial score (nSPS) is 26.0. The first-order chi connectivity index (χ1) is 12.2. The van der Waals surface area contributed by atoms with Gasteiger partial charge < -0.3 is 24.6 Å². The van der Waals surface area contributed by atoms with Gasteiger partial charge in [-0.15, -0.1) is 11.8 Å². The van der Waals surface area contributed by atoms with Gasteiger partial charge >= 0.3 is 5.97 Å². The number of amides is 2. The number of carbonyl (C=O) groups is 3. The molecule has 2 aliphatic rings. The highest BCUT2D eigenvalue weighted by Crippen LogP contribution is 2.50. The van der Waals surface area contributed by atoms with Crippen molar-refractivity contribution in [2.75, 3.05) is 7.11 Å². The van der Waals surface area contributed by atoms with Crippen molar-refractivity contribution in [1.82, 2.24) is 14.8 Å². The molecule has 2 amide bonds. The van der Waals surface area contributed by atoms with E-state index in [1.54, 1.807) is 19.9 Å². The van der Waals surface area contributed by atoms with Crippen molar-refractivity contribution < 1.29 is 24.2 Å². The molecule has 140 valence electrons. The summed E-state index contributed by atoms with van der Waals surface area (Å²) in [6.07, 6.45) is 1.45. The van der Waals surface area contributed by atoms with E-state index in [2.05, 4.69) is 5.32 Å². The Morgan fingerprint density at radius 2 is 2.08 bits per heavy atom. The minimum Gasteiger partial charge on any atom is -0.491 e. The minimum absolute atomic E-state index is 0.114. The predicted molar refractivity (Wildman–Crippen MR) is 92.9 cm³/mol. The summed E-state index contributed by atoms with van der Waals surface area (Å²) in [5, 5.41) is 11.6. The Kier molecular flexibility index (Phi) is 4.47. The van der Waals surface area contributed by atoms with Crippen LogP contribution >= 0.6 is 11.8 Å². The van der Waals surface area contributed by atoms with E-state index in [9.17, 15) is 24.3 Å². The Morgan fingerprint density at radius 1 is 1.38 bits per heavy atom. The number of carboxylic acids is 1. The summed E-state index contributed by atoms with van der Waals surface area (Å²) in [4.78, 5) is 49.5. The fraction of sp³-hybridized carbons (Fsp3) is 0.500. The van der Waals surface area contributed by atoms with Crippen molar-refractivity contribution in [3.05, 3.63) is 28.7 Å². The van der Waals surface area contributed by atoms with E-state index in [0.717, 1.165) is 0 Å². The van der Waals surface area contributed by atoms with E-state index in [1.165, 1.54) is 40.6 Å². The van der Waals surface area contributed by atoms with Crippen LogP contribution in [-0.4, -0.2) is 61.7 Å². The molecule has 3 atom stereocenters.